The van der Waals surface area contributed by atoms with Gasteiger partial charge in [-0.15, -0.1) is 10.2 Å². The second-order valence-electron chi connectivity index (χ2n) is 8.22. The van der Waals surface area contributed by atoms with Gasteiger partial charge < -0.3 is 14.1 Å². The van der Waals surface area contributed by atoms with Gasteiger partial charge in [0, 0.05) is 16.6 Å². The Morgan fingerprint density at radius 1 is 1.19 bits per heavy atom. The molecule has 0 unspecified atom stereocenters. The quantitative estimate of drug-likeness (QED) is 0.470. The van der Waals surface area contributed by atoms with Crippen LogP contribution in [-0.4, -0.2) is 33.7 Å². The molecule has 1 aliphatic carbocycles. The zero-order valence-corrected chi connectivity index (χ0v) is 18.7. The fraction of sp³-hybridized carbons (Fsp3) is 0.375. The Hall–Kier alpha value is -2.86. The molecule has 1 aliphatic rings. The van der Waals surface area contributed by atoms with Gasteiger partial charge in [-0.05, 0) is 73.2 Å². The van der Waals surface area contributed by atoms with Gasteiger partial charge in [0.1, 0.15) is 5.75 Å². The number of halogens is 1. The summed E-state index contributed by atoms with van der Waals surface area (Å²) in [5.41, 5.74) is 3.24. The standard InChI is InChI=1S/C24H26ClN3O3/c1-15(2)21-11-10-20(12-16(21)3)30-14-23(29)28(19-8-9-19)13-22-26-27-24(31-22)17-4-6-18(25)7-5-17/h4-7,10-12,15,19H,8-9,13-14H2,1-3H3. The van der Waals surface area contributed by atoms with Gasteiger partial charge in [0.25, 0.3) is 5.91 Å². The maximum absolute atomic E-state index is 12.9. The van der Waals surface area contributed by atoms with Crippen LogP contribution in [-0.2, 0) is 11.3 Å². The molecular formula is C24H26ClN3O3. The number of carbonyl (C=O) groups is 1. The van der Waals surface area contributed by atoms with E-state index in [4.69, 9.17) is 20.8 Å². The van der Waals surface area contributed by atoms with Gasteiger partial charge in [-0.3, -0.25) is 4.79 Å². The predicted molar refractivity (Wildman–Crippen MR) is 119 cm³/mol. The van der Waals surface area contributed by atoms with E-state index in [0.29, 0.717) is 28.5 Å². The number of hydrogen-bond acceptors (Lipinski definition) is 5. The molecule has 0 aliphatic heterocycles. The minimum Gasteiger partial charge on any atom is -0.484 e. The number of hydrogen-bond donors (Lipinski definition) is 0. The Kier molecular flexibility index (Phi) is 6.28. The van der Waals surface area contributed by atoms with Crippen molar-refractivity contribution in [2.24, 2.45) is 0 Å². The largest absolute Gasteiger partial charge is 0.484 e. The fourth-order valence-electron chi connectivity index (χ4n) is 3.59. The number of nitrogens with zero attached hydrogens (tertiary/aromatic N) is 3. The average Bonchev–Trinajstić information content (AvgIpc) is 3.48. The molecule has 1 fully saturated rings. The van der Waals surface area contributed by atoms with Crippen LogP contribution in [0.2, 0.25) is 5.02 Å². The molecule has 4 rings (SSSR count). The molecule has 2 aromatic carbocycles. The third-order valence-corrected chi connectivity index (χ3v) is 5.65. The summed E-state index contributed by atoms with van der Waals surface area (Å²) in [7, 11) is 0. The van der Waals surface area contributed by atoms with Crippen molar-refractivity contribution in [3.05, 3.63) is 64.5 Å². The summed E-state index contributed by atoms with van der Waals surface area (Å²) in [4.78, 5) is 14.6. The van der Waals surface area contributed by atoms with Crippen molar-refractivity contribution in [1.82, 2.24) is 15.1 Å². The molecule has 0 N–H and O–H groups in total. The van der Waals surface area contributed by atoms with Gasteiger partial charge in [0.15, 0.2) is 6.61 Å². The lowest BCUT2D eigenvalue weighted by Crippen LogP contribution is -2.36. The van der Waals surface area contributed by atoms with E-state index in [1.165, 1.54) is 11.1 Å². The Balaban J connectivity index is 1.39. The van der Waals surface area contributed by atoms with Gasteiger partial charge in [-0.25, -0.2) is 0 Å². The SMILES string of the molecule is Cc1cc(OCC(=O)N(Cc2nnc(-c3ccc(Cl)cc3)o2)C2CC2)ccc1C(C)C. The Labute approximate surface area is 187 Å². The molecule has 1 saturated carbocycles. The van der Waals surface area contributed by atoms with Crippen LogP contribution in [0, 0.1) is 6.92 Å². The summed E-state index contributed by atoms with van der Waals surface area (Å²) in [5.74, 6) is 1.88. The Morgan fingerprint density at radius 3 is 2.58 bits per heavy atom. The third-order valence-electron chi connectivity index (χ3n) is 5.40. The highest BCUT2D eigenvalue weighted by atomic mass is 35.5. The Morgan fingerprint density at radius 2 is 1.94 bits per heavy atom. The van der Waals surface area contributed by atoms with Crippen molar-refractivity contribution >= 4 is 17.5 Å². The fourth-order valence-corrected chi connectivity index (χ4v) is 3.72. The first-order chi connectivity index (χ1) is 14.9. The number of benzene rings is 2. The van der Waals surface area contributed by atoms with E-state index in [1.807, 2.05) is 24.3 Å². The topological polar surface area (TPSA) is 68.5 Å². The molecule has 1 aromatic heterocycles. The second-order valence-corrected chi connectivity index (χ2v) is 8.66. The van der Waals surface area contributed by atoms with Crippen LogP contribution in [0.5, 0.6) is 5.75 Å². The zero-order chi connectivity index (χ0) is 22.0. The highest BCUT2D eigenvalue weighted by Gasteiger charge is 2.34. The van der Waals surface area contributed by atoms with Crippen LogP contribution in [0.3, 0.4) is 0 Å². The van der Waals surface area contributed by atoms with Crippen LogP contribution in [0.1, 0.15) is 49.6 Å². The molecule has 0 spiro atoms. The summed E-state index contributed by atoms with van der Waals surface area (Å²) in [5, 5.41) is 8.87. The number of carbonyl (C=O) groups excluding carboxylic acids is 1. The first-order valence-corrected chi connectivity index (χ1v) is 10.9. The van der Waals surface area contributed by atoms with E-state index in [-0.39, 0.29) is 25.1 Å². The van der Waals surface area contributed by atoms with Crippen molar-refractivity contribution in [3.8, 4) is 17.2 Å². The van der Waals surface area contributed by atoms with Crippen molar-refractivity contribution in [2.45, 2.75) is 52.1 Å². The second kappa shape index (κ2) is 9.10. The third kappa shape index (κ3) is 5.25. The van der Waals surface area contributed by atoms with E-state index in [0.717, 1.165) is 18.4 Å². The monoisotopic (exact) mass is 439 g/mol. The lowest BCUT2D eigenvalue weighted by atomic mass is 9.98. The minimum absolute atomic E-state index is 0.0187. The lowest BCUT2D eigenvalue weighted by Gasteiger charge is -2.21. The van der Waals surface area contributed by atoms with E-state index >= 15 is 0 Å². The number of aromatic nitrogens is 2. The first kappa shape index (κ1) is 21.4. The molecule has 0 radical (unpaired) electrons. The van der Waals surface area contributed by atoms with Gasteiger partial charge >= 0.3 is 0 Å². The number of amides is 1. The van der Waals surface area contributed by atoms with Crippen molar-refractivity contribution in [1.29, 1.82) is 0 Å². The molecule has 3 aromatic rings. The summed E-state index contributed by atoms with van der Waals surface area (Å²) in [6, 6.07) is 13.4. The van der Waals surface area contributed by atoms with Crippen molar-refractivity contribution in [3.63, 3.8) is 0 Å². The smallest absolute Gasteiger partial charge is 0.261 e. The summed E-state index contributed by atoms with van der Waals surface area (Å²) in [6.45, 7) is 6.65. The van der Waals surface area contributed by atoms with E-state index in [2.05, 4.69) is 37.0 Å². The molecule has 31 heavy (non-hydrogen) atoms. The van der Waals surface area contributed by atoms with Crippen LogP contribution >= 0.6 is 11.6 Å². The highest BCUT2D eigenvalue weighted by Crippen LogP contribution is 2.29. The molecule has 0 bridgehead atoms. The maximum Gasteiger partial charge on any atom is 0.261 e. The average molecular weight is 440 g/mol. The first-order valence-electron chi connectivity index (χ1n) is 10.5. The molecule has 6 nitrogen and oxygen atoms in total. The van der Waals surface area contributed by atoms with Gasteiger partial charge in [0.05, 0.1) is 6.54 Å². The maximum atomic E-state index is 12.9. The molecule has 0 saturated heterocycles. The van der Waals surface area contributed by atoms with Crippen LogP contribution in [0.4, 0.5) is 0 Å². The lowest BCUT2D eigenvalue weighted by molar-refractivity contribution is -0.134. The summed E-state index contributed by atoms with van der Waals surface area (Å²) >= 11 is 5.93. The molecule has 1 amide bonds. The minimum atomic E-state index is -0.0840. The number of aryl methyl sites for hydroxylation is 1. The normalized spacial score (nSPS) is 13.5. The van der Waals surface area contributed by atoms with Crippen molar-refractivity contribution < 1.29 is 13.9 Å². The highest BCUT2D eigenvalue weighted by molar-refractivity contribution is 6.30. The molecule has 7 heteroatoms. The predicted octanol–water partition coefficient (Wildman–Crippen LogP) is 5.39. The summed E-state index contributed by atoms with van der Waals surface area (Å²) < 4.78 is 11.6. The zero-order valence-electron chi connectivity index (χ0n) is 18.0. The molecule has 1 heterocycles. The number of ether oxygens (including phenoxy) is 1. The molecular weight excluding hydrogens is 414 g/mol. The van der Waals surface area contributed by atoms with E-state index in [9.17, 15) is 4.79 Å². The van der Waals surface area contributed by atoms with E-state index in [1.54, 1.807) is 17.0 Å². The number of rotatable bonds is 8. The van der Waals surface area contributed by atoms with Crippen LogP contribution < -0.4 is 4.74 Å². The Bertz CT molecular complexity index is 1060. The van der Waals surface area contributed by atoms with Crippen LogP contribution in [0.25, 0.3) is 11.5 Å². The van der Waals surface area contributed by atoms with Crippen molar-refractivity contribution in [2.75, 3.05) is 6.61 Å². The summed E-state index contributed by atoms with van der Waals surface area (Å²) in [6.07, 6.45) is 1.96. The van der Waals surface area contributed by atoms with Crippen LogP contribution in [0.15, 0.2) is 46.9 Å². The van der Waals surface area contributed by atoms with Gasteiger partial charge in [-0.2, -0.15) is 0 Å². The van der Waals surface area contributed by atoms with Gasteiger partial charge in [-0.1, -0.05) is 31.5 Å². The molecule has 0 atom stereocenters. The van der Waals surface area contributed by atoms with Gasteiger partial charge in [0.2, 0.25) is 11.8 Å². The van der Waals surface area contributed by atoms with E-state index < -0.39 is 0 Å². The molecule has 162 valence electrons.